The predicted molar refractivity (Wildman–Crippen MR) is 144 cm³/mol. The van der Waals surface area contributed by atoms with Crippen LogP contribution in [0.15, 0.2) is 34.1 Å². The monoisotopic (exact) mass is 527 g/mol. The highest BCUT2D eigenvalue weighted by Crippen LogP contribution is 2.37. The molecule has 0 spiro atoms. The normalized spacial score (nSPS) is 20.6. The van der Waals surface area contributed by atoms with Gasteiger partial charge in [-0.3, -0.25) is 18.9 Å². The molecule has 2 saturated heterocycles. The second-order valence-corrected chi connectivity index (χ2v) is 10.8. The van der Waals surface area contributed by atoms with Crippen molar-refractivity contribution in [3.8, 4) is 0 Å². The van der Waals surface area contributed by atoms with Crippen LogP contribution in [-0.2, 0) is 9.53 Å². The standard InChI is InChI=1S/C25H29N5O4S2/c1-2-34-24(33)28-14-12-27(13-15-28)21-18(22(31)29-11-7-6-10-20(29)26-21)16-19-23(32)30(25(35)36-19)17-8-4-3-5-9-17/h6-7,10-11,16-17H,2-5,8-9,12-15H2,1H3. The van der Waals surface area contributed by atoms with E-state index in [0.29, 0.717) is 59.0 Å². The number of carbonyl (C=O) groups is 2. The van der Waals surface area contributed by atoms with Crippen LogP contribution >= 0.6 is 24.0 Å². The van der Waals surface area contributed by atoms with Gasteiger partial charge in [0.15, 0.2) is 0 Å². The lowest BCUT2D eigenvalue weighted by Gasteiger charge is -2.35. The van der Waals surface area contributed by atoms with Gasteiger partial charge in [-0.25, -0.2) is 9.78 Å². The van der Waals surface area contributed by atoms with Crippen molar-refractivity contribution in [3.05, 3.63) is 45.2 Å². The second-order valence-electron chi connectivity index (χ2n) is 9.10. The molecule has 9 nitrogen and oxygen atoms in total. The Balaban J connectivity index is 1.49. The van der Waals surface area contributed by atoms with E-state index in [2.05, 4.69) is 0 Å². The summed E-state index contributed by atoms with van der Waals surface area (Å²) >= 11 is 6.84. The number of piperazine rings is 1. The molecule has 5 rings (SSSR count). The summed E-state index contributed by atoms with van der Waals surface area (Å²) in [7, 11) is 0. The third kappa shape index (κ3) is 4.73. The van der Waals surface area contributed by atoms with Crippen molar-refractivity contribution >= 4 is 57.8 Å². The van der Waals surface area contributed by atoms with Crippen LogP contribution in [0.1, 0.15) is 44.6 Å². The molecular formula is C25H29N5O4S2. The lowest BCUT2D eigenvalue weighted by Crippen LogP contribution is -2.49. The van der Waals surface area contributed by atoms with Gasteiger partial charge in [0.05, 0.1) is 17.1 Å². The number of hydrogen-bond donors (Lipinski definition) is 0. The average molecular weight is 528 g/mol. The molecular weight excluding hydrogens is 498 g/mol. The Morgan fingerprint density at radius 2 is 1.92 bits per heavy atom. The van der Waals surface area contributed by atoms with Crippen molar-refractivity contribution < 1.29 is 14.3 Å². The third-order valence-electron chi connectivity index (χ3n) is 6.89. The maximum atomic E-state index is 13.6. The third-order valence-corrected chi connectivity index (χ3v) is 8.22. The maximum absolute atomic E-state index is 13.6. The Hall–Kier alpha value is -2.92. The van der Waals surface area contributed by atoms with Crippen molar-refractivity contribution in [1.82, 2.24) is 19.2 Å². The zero-order valence-corrected chi connectivity index (χ0v) is 21.9. The minimum Gasteiger partial charge on any atom is -0.450 e. The molecule has 0 bridgehead atoms. The molecule has 3 fully saturated rings. The Kier molecular flexibility index (Phi) is 7.29. The van der Waals surface area contributed by atoms with E-state index < -0.39 is 0 Å². The number of ether oxygens (including phenoxy) is 1. The van der Waals surface area contributed by atoms with E-state index in [9.17, 15) is 14.4 Å². The number of thioether (sulfide) groups is 1. The van der Waals surface area contributed by atoms with E-state index in [0.717, 1.165) is 25.7 Å². The number of rotatable bonds is 4. The number of hydrogen-bond acceptors (Lipinski definition) is 8. The smallest absolute Gasteiger partial charge is 0.409 e. The molecule has 2 aromatic heterocycles. The number of carbonyl (C=O) groups excluding carboxylic acids is 2. The van der Waals surface area contributed by atoms with E-state index in [4.69, 9.17) is 21.9 Å². The van der Waals surface area contributed by atoms with Crippen LogP contribution in [0, 0.1) is 0 Å². The molecule has 36 heavy (non-hydrogen) atoms. The van der Waals surface area contributed by atoms with Gasteiger partial charge in [-0.15, -0.1) is 0 Å². The first-order valence-corrected chi connectivity index (χ1v) is 13.7. The van der Waals surface area contributed by atoms with Crippen LogP contribution in [-0.4, -0.2) is 74.3 Å². The minimum atomic E-state index is -0.338. The number of nitrogens with zero attached hydrogens (tertiary/aromatic N) is 5. The van der Waals surface area contributed by atoms with Gasteiger partial charge in [-0.05, 0) is 38.0 Å². The van der Waals surface area contributed by atoms with Gasteiger partial charge < -0.3 is 14.5 Å². The molecule has 0 atom stereocenters. The number of aromatic nitrogens is 2. The summed E-state index contributed by atoms with van der Waals surface area (Å²) < 4.78 is 7.17. The SMILES string of the molecule is CCOC(=O)N1CCN(c2nc3ccccn3c(=O)c2C=C2SC(=S)N(C3CCCCC3)C2=O)CC1. The van der Waals surface area contributed by atoms with Gasteiger partial charge in [0, 0.05) is 38.4 Å². The van der Waals surface area contributed by atoms with E-state index >= 15 is 0 Å². The molecule has 190 valence electrons. The molecule has 0 radical (unpaired) electrons. The first-order chi connectivity index (χ1) is 17.5. The molecule has 0 N–H and O–H groups in total. The minimum absolute atomic E-state index is 0.128. The highest BCUT2D eigenvalue weighted by molar-refractivity contribution is 8.26. The highest BCUT2D eigenvalue weighted by atomic mass is 32.2. The molecule has 0 aromatic carbocycles. The Labute approximate surface area is 219 Å². The van der Waals surface area contributed by atoms with Gasteiger partial charge in [0.1, 0.15) is 15.8 Å². The molecule has 1 aliphatic carbocycles. The van der Waals surface area contributed by atoms with Gasteiger partial charge in [-0.2, -0.15) is 0 Å². The van der Waals surface area contributed by atoms with Gasteiger partial charge in [0.25, 0.3) is 11.5 Å². The first kappa shape index (κ1) is 24.8. The van der Waals surface area contributed by atoms with Crippen LogP contribution in [0.4, 0.5) is 10.6 Å². The Morgan fingerprint density at radius 1 is 1.17 bits per heavy atom. The summed E-state index contributed by atoms with van der Waals surface area (Å²) in [6.07, 6.45) is 8.29. The fourth-order valence-electron chi connectivity index (χ4n) is 5.04. The lowest BCUT2D eigenvalue weighted by molar-refractivity contribution is -0.124. The molecule has 11 heteroatoms. The Bertz CT molecular complexity index is 1280. The van der Waals surface area contributed by atoms with Crippen molar-refractivity contribution in [2.24, 2.45) is 0 Å². The van der Waals surface area contributed by atoms with Crippen molar-refractivity contribution in [1.29, 1.82) is 0 Å². The van der Waals surface area contributed by atoms with Crippen LogP contribution in [0.2, 0.25) is 0 Å². The molecule has 0 unspecified atom stereocenters. The van der Waals surface area contributed by atoms with Crippen molar-refractivity contribution in [3.63, 3.8) is 0 Å². The summed E-state index contributed by atoms with van der Waals surface area (Å²) in [4.78, 5) is 49.8. The van der Waals surface area contributed by atoms with Crippen LogP contribution in [0.5, 0.6) is 0 Å². The number of pyridine rings is 1. The maximum Gasteiger partial charge on any atom is 0.409 e. The van der Waals surface area contributed by atoms with E-state index in [1.165, 1.54) is 22.6 Å². The molecule has 4 heterocycles. The summed E-state index contributed by atoms with van der Waals surface area (Å²) in [5.74, 6) is 0.380. The molecule has 3 aliphatic rings. The van der Waals surface area contributed by atoms with E-state index in [-0.39, 0.29) is 23.6 Å². The number of fused-ring (bicyclic) bond motifs is 1. The second kappa shape index (κ2) is 10.6. The van der Waals surface area contributed by atoms with Crippen LogP contribution < -0.4 is 10.5 Å². The van der Waals surface area contributed by atoms with Gasteiger partial charge in [0.2, 0.25) is 0 Å². The van der Waals surface area contributed by atoms with Crippen LogP contribution in [0.25, 0.3) is 11.7 Å². The van der Waals surface area contributed by atoms with Crippen molar-refractivity contribution in [2.75, 3.05) is 37.7 Å². The number of thiocarbonyl (C=S) groups is 1. The highest BCUT2D eigenvalue weighted by Gasteiger charge is 2.38. The fourth-order valence-corrected chi connectivity index (χ4v) is 6.42. The first-order valence-electron chi connectivity index (χ1n) is 12.4. The largest absolute Gasteiger partial charge is 0.450 e. The quantitative estimate of drug-likeness (QED) is 0.441. The fraction of sp³-hybridized carbons (Fsp3) is 0.480. The predicted octanol–water partition coefficient (Wildman–Crippen LogP) is 3.51. The van der Waals surface area contributed by atoms with Gasteiger partial charge in [-0.1, -0.05) is 49.3 Å². The van der Waals surface area contributed by atoms with E-state index in [1.54, 1.807) is 41.1 Å². The number of amides is 2. The molecule has 2 aliphatic heterocycles. The van der Waals surface area contributed by atoms with E-state index in [1.807, 2.05) is 11.0 Å². The Morgan fingerprint density at radius 3 is 2.64 bits per heavy atom. The summed E-state index contributed by atoms with van der Waals surface area (Å²) in [6, 6.07) is 5.52. The zero-order valence-electron chi connectivity index (χ0n) is 20.2. The van der Waals surface area contributed by atoms with Crippen molar-refractivity contribution in [2.45, 2.75) is 45.1 Å². The summed E-state index contributed by atoms with van der Waals surface area (Å²) in [5.41, 5.74) is 0.635. The molecule has 2 aromatic rings. The van der Waals surface area contributed by atoms with Gasteiger partial charge >= 0.3 is 6.09 Å². The topological polar surface area (TPSA) is 87.5 Å². The molecule has 1 saturated carbocycles. The van der Waals surface area contributed by atoms with Crippen LogP contribution in [0.3, 0.4) is 0 Å². The number of anilines is 1. The summed E-state index contributed by atoms with van der Waals surface area (Å²) in [6.45, 7) is 4.01. The molecule has 2 amide bonds. The average Bonchev–Trinajstić information content (AvgIpc) is 3.18. The lowest BCUT2D eigenvalue weighted by atomic mass is 9.94. The zero-order chi connectivity index (χ0) is 25.2. The summed E-state index contributed by atoms with van der Waals surface area (Å²) in [5, 5.41) is 0.